The number of ether oxygens (including phenoxy) is 1. The summed E-state index contributed by atoms with van der Waals surface area (Å²) in [5, 5.41) is 0. The second kappa shape index (κ2) is 4.92. The lowest BCUT2D eigenvalue weighted by Gasteiger charge is -2.16. The largest absolute Gasteiger partial charge is 0.493 e. The average Bonchev–Trinajstić information content (AvgIpc) is 2.70. The highest BCUT2D eigenvalue weighted by atomic mass is 16.5. The van der Waals surface area contributed by atoms with Gasteiger partial charge in [0.15, 0.2) is 0 Å². The zero-order chi connectivity index (χ0) is 12.3. The molecule has 1 aromatic rings. The van der Waals surface area contributed by atoms with Crippen molar-refractivity contribution in [2.75, 3.05) is 6.61 Å². The average molecular weight is 231 g/mol. The molecule has 0 bridgehead atoms. The Morgan fingerprint density at radius 2 is 2.24 bits per heavy atom. The van der Waals surface area contributed by atoms with E-state index >= 15 is 0 Å². The molecule has 0 saturated carbocycles. The van der Waals surface area contributed by atoms with Crippen LogP contribution in [0.25, 0.3) is 6.08 Å². The summed E-state index contributed by atoms with van der Waals surface area (Å²) in [4.78, 5) is 0. The van der Waals surface area contributed by atoms with E-state index in [2.05, 4.69) is 44.2 Å². The number of nitrogens with two attached hydrogens (primary N) is 1. The van der Waals surface area contributed by atoms with Gasteiger partial charge in [0.1, 0.15) is 5.75 Å². The molecule has 17 heavy (non-hydrogen) atoms. The fraction of sp³-hybridized carbons (Fsp3) is 0.467. The van der Waals surface area contributed by atoms with Crippen LogP contribution in [-0.2, 0) is 6.42 Å². The third kappa shape index (κ3) is 3.60. The summed E-state index contributed by atoms with van der Waals surface area (Å²) in [5.74, 6) is 1.05. The lowest BCUT2D eigenvalue weighted by atomic mass is 9.99. The van der Waals surface area contributed by atoms with E-state index in [1.807, 2.05) is 0 Å². The molecule has 0 aromatic heterocycles. The van der Waals surface area contributed by atoms with Gasteiger partial charge >= 0.3 is 0 Å². The lowest BCUT2D eigenvalue weighted by molar-refractivity contribution is 0.357. The van der Waals surface area contributed by atoms with Gasteiger partial charge in [0.25, 0.3) is 0 Å². The molecule has 0 amide bonds. The Kier molecular flexibility index (Phi) is 3.53. The van der Waals surface area contributed by atoms with Crippen molar-refractivity contribution in [1.82, 2.24) is 0 Å². The van der Waals surface area contributed by atoms with Crippen molar-refractivity contribution in [1.29, 1.82) is 0 Å². The Hall–Kier alpha value is -1.28. The first kappa shape index (κ1) is 12.2. The smallest absolute Gasteiger partial charge is 0.122 e. The maximum atomic E-state index is 5.94. The first-order chi connectivity index (χ1) is 8.04. The van der Waals surface area contributed by atoms with Gasteiger partial charge in [-0.15, -0.1) is 0 Å². The van der Waals surface area contributed by atoms with Crippen molar-refractivity contribution in [3.8, 4) is 5.75 Å². The summed E-state index contributed by atoms with van der Waals surface area (Å²) in [7, 11) is 0. The molecule has 0 aliphatic carbocycles. The highest BCUT2D eigenvalue weighted by Gasteiger charge is 2.11. The first-order valence-corrected chi connectivity index (χ1v) is 6.26. The zero-order valence-corrected chi connectivity index (χ0v) is 10.7. The topological polar surface area (TPSA) is 35.2 Å². The Balaban J connectivity index is 1.93. The van der Waals surface area contributed by atoms with E-state index in [-0.39, 0.29) is 5.54 Å². The number of allylic oxidation sites excluding steroid dienone is 1. The summed E-state index contributed by atoms with van der Waals surface area (Å²) >= 11 is 0. The number of rotatable bonds is 4. The molecule has 1 heterocycles. The molecular formula is C15H21NO. The van der Waals surface area contributed by atoms with Crippen molar-refractivity contribution >= 4 is 6.08 Å². The van der Waals surface area contributed by atoms with E-state index in [9.17, 15) is 0 Å². The molecule has 0 radical (unpaired) electrons. The van der Waals surface area contributed by atoms with Crippen molar-refractivity contribution < 1.29 is 4.74 Å². The number of fused-ring (bicyclic) bond motifs is 1. The SMILES string of the molecule is CC(C)(N)CC/C=C/c1ccc2c(c1)CCO2. The van der Waals surface area contributed by atoms with Crippen molar-refractivity contribution in [3.05, 3.63) is 35.4 Å². The maximum Gasteiger partial charge on any atom is 0.122 e. The molecule has 0 atom stereocenters. The van der Waals surface area contributed by atoms with Gasteiger partial charge in [0.05, 0.1) is 6.61 Å². The fourth-order valence-corrected chi connectivity index (χ4v) is 1.98. The van der Waals surface area contributed by atoms with Crippen LogP contribution in [0.3, 0.4) is 0 Å². The molecule has 2 rings (SSSR count). The molecule has 92 valence electrons. The van der Waals surface area contributed by atoms with Gasteiger partial charge in [-0.1, -0.05) is 18.2 Å². The minimum Gasteiger partial charge on any atom is -0.493 e. The molecular weight excluding hydrogens is 210 g/mol. The summed E-state index contributed by atoms with van der Waals surface area (Å²) in [6, 6.07) is 6.38. The van der Waals surface area contributed by atoms with Crippen LogP contribution in [0.1, 0.15) is 37.8 Å². The summed E-state index contributed by atoms with van der Waals surface area (Å²) in [6.07, 6.45) is 7.44. The van der Waals surface area contributed by atoms with E-state index in [4.69, 9.17) is 10.5 Å². The third-order valence-corrected chi connectivity index (χ3v) is 2.98. The summed E-state index contributed by atoms with van der Waals surface area (Å²) < 4.78 is 5.48. The predicted octanol–water partition coefficient (Wildman–Crippen LogP) is 3.15. The molecule has 2 N–H and O–H groups in total. The van der Waals surface area contributed by atoms with Crippen LogP contribution in [0.15, 0.2) is 24.3 Å². The van der Waals surface area contributed by atoms with Crippen molar-refractivity contribution in [2.24, 2.45) is 5.73 Å². The second-order valence-corrected chi connectivity index (χ2v) is 5.40. The Morgan fingerprint density at radius 1 is 1.41 bits per heavy atom. The minimum atomic E-state index is -0.0733. The Labute approximate surface area is 103 Å². The van der Waals surface area contributed by atoms with Gasteiger partial charge in [0, 0.05) is 12.0 Å². The van der Waals surface area contributed by atoms with E-state index in [1.165, 1.54) is 11.1 Å². The molecule has 0 saturated heterocycles. The Morgan fingerprint density at radius 3 is 3.00 bits per heavy atom. The number of hydrogen-bond acceptors (Lipinski definition) is 2. The van der Waals surface area contributed by atoms with Crippen LogP contribution in [0, 0.1) is 0 Å². The quantitative estimate of drug-likeness (QED) is 0.864. The molecule has 0 fully saturated rings. The Bertz CT molecular complexity index is 415. The van der Waals surface area contributed by atoms with Gasteiger partial charge in [-0.05, 0) is 49.9 Å². The highest BCUT2D eigenvalue weighted by Crippen LogP contribution is 2.26. The maximum absolute atomic E-state index is 5.94. The first-order valence-electron chi connectivity index (χ1n) is 6.26. The number of benzene rings is 1. The zero-order valence-electron chi connectivity index (χ0n) is 10.7. The van der Waals surface area contributed by atoms with Gasteiger partial charge < -0.3 is 10.5 Å². The fourth-order valence-electron chi connectivity index (χ4n) is 1.98. The van der Waals surface area contributed by atoms with E-state index in [0.717, 1.165) is 31.6 Å². The molecule has 1 aromatic carbocycles. The highest BCUT2D eigenvalue weighted by molar-refractivity contribution is 5.54. The molecule has 0 spiro atoms. The minimum absolute atomic E-state index is 0.0733. The van der Waals surface area contributed by atoms with E-state index in [1.54, 1.807) is 0 Å². The van der Waals surface area contributed by atoms with Crippen LogP contribution >= 0.6 is 0 Å². The molecule has 1 aliphatic heterocycles. The van der Waals surface area contributed by atoms with Gasteiger partial charge in [-0.2, -0.15) is 0 Å². The van der Waals surface area contributed by atoms with Gasteiger partial charge in [-0.3, -0.25) is 0 Å². The van der Waals surface area contributed by atoms with Crippen molar-refractivity contribution in [3.63, 3.8) is 0 Å². The standard InChI is InChI=1S/C15H21NO/c1-15(2,16)9-4-3-5-12-6-7-14-13(11-12)8-10-17-14/h3,5-7,11H,4,8-10,16H2,1-2H3/b5-3+. The van der Waals surface area contributed by atoms with E-state index < -0.39 is 0 Å². The molecule has 2 nitrogen and oxygen atoms in total. The van der Waals surface area contributed by atoms with Crippen LogP contribution < -0.4 is 10.5 Å². The molecule has 2 heteroatoms. The van der Waals surface area contributed by atoms with Crippen LogP contribution in [0.5, 0.6) is 5.75 Å². The summed E-state index contributed by atoms with van der Waals surface area (Å²) in [6.45, 7) is 4.95. The van der Waals surface area contributed by atoms with Crippen LogP contribution in [0.2, 0.25) is 0 Å². The predicted molar refractivity (Wildman–Crippen MR) is 72.2 cm³/mol. The van der Waals surface area contributed by atoms with Crippen LogP contribution in [0.4, 0.5) is 0 Å². The van der Waals surface area contributed by atoms with E-state index in [0.29, 0.717) is 0 Å². The van der Waals surface area contributed by atoms with Gasteiger partial charge in [0.2, 0.25) is 0 Å². The van der Waals surface area contributed by atoms with Crippen LogP contribution in [-0.4, -0.2) is 12.1 Å². The van der Waals surface area contributed by atoms with Gasteiger partial charge in [-0.25, -0.2) is 0 Å². The molecule has 1 aliphatic rings. The number of hydrogen-bond donors (Lipinski definition) is 1. The third-order valence-electron chi connectivity index (χ3n) is 2.98. The lowest BCUT2D eigenvalue weighted by Crippen LogP contribution is -2.31. The second-order valence-electron chi connectivity index (χ2n) is 5.40. The van der Waals surface area contributed by atoms with Crippen molar-refractivity contribution in [2.45, 2.75) is 38.6 Å². The monoisotopic (exact) mass is 231 g/mol. The summed E-state index contributed by atoms with van der Waals surface area (Å²) in [5.41, 5.74) is 8.44. The normalized spacial score (nSPS) is 15.0. The molecule has 0 unspecified atom stereocenters.